The Labute approximate surface area is 96.7 Å². The second-order valence-corrected chi connectivity index (χ2v) is 4.59. The molecule has 0 aliphatic rings. The fraction of sp³-hybridized carbons (Fsp3) is 0.538. The van der Waals surface area contributed by atoms with Gasteiger partial charge in [-0.1, -0.05) is 19.4 Å². The van der Waals surface area contributed by atoms with Crippen LogP contribution in [0.2, 0.25) is 0 Å². The van der Waals surface area contributed by atoms with E-state index in [0.29, 0.717) is 5.75 Å². The molecule has 3 heteroatoms. The number of aromatic hydroxyl groups is 2. The molecule has 0 heterocycles. The van der Waals surface area contributed by atoms with Gasteiger partial charge in [-0.3, -0.25) is 0 Å². The third kappa shape index (κ3) is 3.33. The zero-order chi connectivity index (χ0) is 12.2. The van der Waals surface area contributed by atoms with Gasteiger partial charge in [0.15, 0.2) is 11.5 Å². The molecule has 0 unspecified atom stereocenters. The Morgan fingerprint density at radius 2 is 1.94 bits per heavy atom. The number of unbranched alkanes of at least 4 members (excludes halogenated alkanes) is 1. The van der Waals surface area contributed by atoms with E-state index >= 15 is 0 Å². The number of benzene rings is 1. The third-order valence-electron chi connectivity index (χ3n) is 2.50. The van der Waals surface area contributed by atoms with E-state index in [1.54, 1.807) is 12.1 Å². The topological polar surface area (TPSA) is 49.7 Å². The molecule has 1 aromatic carbocycles. The molecule has 2 N–H and O–H groups in total. The lowest BCUT2D eigenvalue weighted by Crippen LogP contribution is -2.27. The number of hydrogen-bond donors (Lipinski definition) is 2. The van der Waals surface area contributed by atoms with Crippen molar-refractivity contribution in [2.45, 2.75) is 45.6 Å². The van der Waals surface area contributed by atoms with Crippen LogP contribution in [0.15, 0.2) is 18.2 Å². The Hall–Kier alpha value is -1.38. The van der Waals surface area contributed by atoms with Crippen LogP contribution >= 0.6 is 0 Å². The highest BCUT2D eigenvalue weighted by Crippen LogP contribution is 2.37. The van der Waals surface area contributed by atoms with Gasteiger partial charge in [-0.15, -0.1) is 0 Å². The summed E-state index contributed by atoms with van der Waals surface area (Å²) in [5.41, 5.74) is -0.332. The van der Waals surface area contributed by atoms with Gasteiger partial charge < -0.3 is 14.9 Å². The SMILES string of the molecule is CCCCC(C)(C)Oc1cccc(O)c1O. The van der Waals surface area contributed by atoms with Crippen LogP contribution in [-0.4, -0.2) is 15.8 Å². The van der Waals surface area contributed by atoms with Crippen molar-refractivity contribution < 1.29 is 14.9 Å². The average Bonchev–Trinajstić information content (AvgIpc) is 2.22. The molecule has 1 aromatic rings. The predicted molar refractivity (Wildman–Crippen MR) is 64.0 cm³/mol. The molecule has 0 atom stereocenters. The maximum atomic E-state index is 9.61. The highest BCUT2D eigenvalue weighted by molar-refractivity contribution is 5.49. The van der Waals surface area contributed by atoms with Crippen LogP contribution in [0.25, 0.3) is 0 Å². The van der Waals surface area contributed by atoms with E-state index in [9.17, 15) is 10.2 Å². The summed E-state index contributed by atoms with van der Waals surface area (Å²) < 4.78 is 5.71. The average molecular weight is 224 g/mol. The van der Waals surface area contributed by atoms with Gasteiger partial charge in [-0.2, -0.15) is 0 Å². The van der Waals surface area contributed by atoms with Crippen molar-refractivity contribution in [2.75, 3.05) is 0 Å². The smallest absolute Gasteiger partial charge is 0.200 e. The predicted octanol–water partition coefficient (Wildman–Crippen LogP) is 3.45. The summed E-state index contributed by atoms with van der Waals surface area (Å²) in [5, 5.41) is 19.0. The largest absolute Gasteiger partial charge is 0.504 e. The molecule has 0 amide bonds. The van der Waals surface area contributed by atoms with Crippen LogP contribution in [0.5, 0.6) is 17.2 Å². The molecule has 90 valence electrons. The molecule has 0 aliphatic carbocycles. The summed E-state index contributed by atoms with van der Waals surface area (Å²) in [6, 6.07) is 4.74. The van der Waals surface area contributed by atoms with Gasteiger partial charge in [0.1, 0.15) is 5.60 Å². The van der Waals surface area contributed by atoms with Crippen molar-refractivity contribution in [2.24, 2.45) is 0 Å². The lowest BCUT2D eigenvalue weighted by atomic mass is 10.0. The van der Waals surface area contributed by atoms with Crippen LogP contribution in [0.1, 0.15) is 40.0 Å². The van der Waals surface area contributed by atoms with Gasteiger partial charge >= 0.3 is 0 Å². The van der Waals surface area contributed by atoms with E-state index in [1.807, 2.05) is 13.8 Å². The van der Waals surface area contributed by atoms with Crippen molar-refractivity contribution in [3.8, 4) is 17.2 Å². The van der Waals surface area contributed by atoms with Crippen LogP contribution in [0.4, 0.5) is 0 Å². The molecule has 0 aromatic heterocycles. The molecule has 1 rings (SSSR count). The second kappa shape index (κ2) is 5.10. The van der Waals surface area contributed by atoms with Crippen LogP contribution in [-0.2, 0) is 0 Å². The van der Waals surface area contributed by atoms with E-state index in [4.69, 9.17) is 4.74 Å². The lowest BCUT2D eigenvalue weighted by molar-refractivity contribution is 0.0923. The molecule has 0 bridgehead atoms. The Balaban J connectivity index is 2.75. The van der Waals surface area contributed by atoms with Crippen molar-refractivity contribution >= 4 is 0 Å². The van der Waals surface area contributed by atoms with Crippen LogP contribution < -0.4 is 4.74 Å². The molecule has 0 saturated heterocycles. The minimum Gasteiger partial charge on any atom is -0.504 e. The summed E-state index contributed by atoms with van der Waals surface area (Å²) in [7, 11) is 0. The molecular weight excluding hydrogens is 204 g/mol. The Kier molecular flexibility index (Phi) is 4.05. The lowest BCUT2D eigenvalue weighted by Gasteiger charge is -2.26. The van der Waals surface area contributed by atoms with Gasteiger partial charge in [0.2, 0.25) is 5.75 Å². The molecular formula is C13H20O3. The molecule has 0 aliphatic heterocycles. The van der Waals surface area contributed by atoms with Crippen LogP contribution in [0, 0.1) is 0 Å². The maximum absolute atomic E-state index is 9.61. The van der Waals surface area contributed by atoms with Crippen molar-refractivity contribution in [1.82, 2.24) is 0 Å². The highest BCUT2D eigenvalue weighted by Gasteiger charge is 2.21. The normalized spacial score (nSPS) is 11.4. The van der Waals surface area contributed by atoms with E-state index in [2.05, 4.69) is 6.92 Å². The summed E-state index contributed by atoms with van der Waals surface area (Å²) in [4.78, 5) is 0. The van der Waals surface area contributed by atoms with Crippen molar-refractivity contribution in [1.29, 1.82) is 0 Å². The fourth-order valence-electron chi connectivity index (χ4n) is 1.54. The Morgan fingerprint density at radius 1 is 1.25 bits per heavy atom. The summed E-state index contributed by atoms with van der Waals surface area (Å²) in [5.74, 6) is -0.00281. The summed E-state index contributed by atoms with van der Waals surface area (Å²) in [6.45, 7) is 6.08. The minimum atomic E-state index is -0.332. The number of rotatable bonds is 5. The van der Waals surface area contributed by atoms with Gasteiger partial charge in [-0.25, -0.2) is 0 Å². The molecule has 16 heavy (non-hydrogen) atoms. The number of para-hydroxylation sites is 1. The molecule has 0 radical (unpaired) electrons. The zero-order valence-corrected chi connectivity index (χ0v) is 10.2. The summed E-state index contributed by atoms with van der Waals surface area (Å²) in [6.07, 6.45) is 3.10. The highest BCUT2D eigenvalue weighted by atomic mass is 16.5. The first-order valence-corrected chi connectivity index (χ1v) is 5.66. The molecule has 0 fully saturated rings. The zero-order valence-electron chi connectivity index (χ0n) is 10.2. The number of ether oxygens (including phenoxy) is 1. The van der Waals surface area contributed by atoms with E-state index in [0.717, 1.165) is 19.3 Å². The first kappa shape index (κ1) is 12.7. The third-order valence-corrected chi connectivity index (χ3v) is 2.50. The first-order valence-electron chi connectivity index (χ1n) is 5.66. The monoisotopic (exact) mass is 224 g/mol. The molecule has 0 spiro atoms. The number of phenolic OH excluding ortho intramolecular Hbond substituents is 2. The van der Waals surface area contributed by atoms with Gasteiger partial charge in [0.05, 0.1) is 0 Å². The van der Waals surface area contributed by atoms with E-state index in [-0.39, 0.29) is 17.1 Å². The molecule has 0 saturated carbocycles. The quantitative estimate of drug-likeness (QED) is 0.753. The van der Waals surface area contributed by atoms with Gasteiger partial charge in [0.25, 0.3) is 0 Å². The second-order valence-electron chi connectivity index (χ2n) is 4.59. The Morgan fingerprint density at radius 3 is 2.56 bits per heavy atom. The van der Waals surface area contributed by atoms with Crippen molar-refractivity contribution in [3.05, 3.63) is 18.2 Å². The fourth-order valence-corrected chi connectivity index (χ4v) is 1.54. The molecule has 3 nitrogen and oxygen atoms in total. The van der Waals surface area contributed by atoms with Gasteiger partial charge in [-0.05, 0) is 38.8 Å². The number of phenols is 2. The van der Waals surface area contributed by atoms with E-state index < -0.39 is 0 Å². The minimum absolute atomic E-state index is 0.149. The number of hydrogen-bond acceptors (Lipinski definition) is 3. The standard InChI is InChI=1S/C13H20O3/c1-4-5-9-13(2,3)16-11-8-6-7-10(14)12(11)15/h6-8,14-15H,4-5,9H2,1-3H3. The maximum Gasteiger partial charge on any atom is 0.200 e. The van der Waals surface area contributed by atoms with Crippen molar-refractivity contribution in [3.63, 3.8) is 0 Å². The Bertz CT molecular complexity index is 345. The summed E-state index contributed by atoms with van der Waals surface area (Å²) >= 11 is 0. The van der Waals surface area contributed by atoms with E-state index in [1.165, 1.54) is 6.07 Å². The first-order chi connectivity index (χ1) is 7.46. The van der Waals surface area contributed by atoms with Gasteiger partial charge in [0, 0.05) is 0 Å². The van der Waals surface area contributed by atoms with Crippen LogP contribution in [0.3, 0.4) is 0 Å².